The van der Waals surface area contributed by atoms with Gasteiger partial charge in [0, 0.05) is 18.7 Å². The molecule has 3 N–H and O–H groups in total. The van der Waals surface area contributed by atoms with Crippen LogP contribution >= 0.6 is 0 Å². The third-order valence-electron chi connectivity index (χ3n) is 3.99. The summed E-state index contributed by atoms with van der Waals surface area (Å²) in [6.07, 6.45) is 1.11. The Labute approximate surface area is 168 Å². The van der Waals surface area contributed by atoms with Crippen molar-refractivity contribution >= 4 is 17.7 Å². The number of carbonyl (C=O) groups excluding carboxylic acids is 2. The molecule has 1 amide bonds. The molecular weight excluding hydrogens is 378 g/mol. The number of nitrogens with two attached hydrogens (primary N) is 1. The van der Waals surface area contributed by atoms with E-state index in [1.165, 1.54) is 24.3 Å². The van der Waals surface area contributed by atoms with Gasteiger partial charge >= 0.3 is 12.1 Å². The molecule has 2 aromatic carbocycles. The third kappa shape index (κ3) is 7.97. The van der Waals surface area contributed by atoms with E-state index < -0.39 is 23.0 Å². The summed E-state index contributed by atoms with van der Waals surface area (Å²) in [4.78, 5) is 33.6. The summed E-state index contributed by atoms with van der Waals surface area (Å²) < 4.78 is 10.2. The maximum absolute atomic E-state index is 12.0. The van der Waals surface area contributed by atoms with Gasteiger partial charge in [0.2, 0.25) is 0 Å². The van der Waals surface area contributed by atoms with Gasteiger partial charge in [0.15, 0.2) is 0 Å². The Bertz CT molecular complexity index is 811. The van der Waals surface area contributed by atoms with E-state index in [0.717, 1.165) is 5.56 Å². The zero-order valence-electron chi connectivity index (χ0n) is 15.8. The van der Waals surface area contributed by atoms with Crippen molar-refractivity contribution in [2.45, 2.75) is 31.9 Å². The number of carbonyl (C=O) groups is 2. The lowest BCUT2D eigenvalue weighted by Gasteiger charge is -2.11. The maximum Gasteiger partial charge on any atom is 0.407 e. The first-order chi connectivity index (χ1) is 14.0. The number of benzene rings is 2. The van der Waals surface area contributed by atoms with Crippen LogP contribution < -0.4 is 15.8 Å². The fourth-order valence-electron chi connectivity index (χ4n) is 2.40. The number of amides is 1. The minimum Gasteiger partial charge on any atom is -0.445 e. The summed E-state index contributed by atoms with van der Waals surface area (Å²) in [5.41, 5.74) is 6.61. The molecule has 0 bridgehead atoms. The third-order valence-corrected chi connectivity index (χ3v) is 3.99. The highest BCUT2D eigenvalue weighted by molar-refractivity contribution is 5.78. The zero-order valence-corrected chi connectivity index (χ0v) is 15.8. The number of unbranched alkanes of at least 4 members (excludes halogenated alkanes) is 1. The number of esters is 1. The second kappa shape index (κ2) is 11.4. The molecule has 29 heavy (non-hydrogen) atoms. The first-order valence-electron chi connectivity index (χ1n) is 9.12. The van der Waals surface area contributed by atoms with Gasteiger partial charge in [0.05, 0.1) is 4.92 Å². The number of nitro benzene ring substituents is 1. The SMILES string of the molecule is NC(CCCCNC(=O)OCc1ccccc1)C(=O)Oc1ccc([N+](=O)[O-])cc1. The van der Waals surface area contributed by atoms with Crippen molar-refractivity contribution in [1.29, 1.82) is 0 Å². The fraction of sp³-hybridized carbons (Fsp3) is 0.300. The van der Waals surface area contributed by atoms with Gasteiger partial charge in [-0.1, -0.05) is 30.3 Å². The molecule has 2 aromatic rings. The number of alkyl carbamates (subject to hydrolysis) is 1. The van der Waals surface area contributed by atoms with E-state index in [1.807, 2.05) is 30.3 Å². The predicted molar refractivity (Wildman–Crippen MR) is 105 cm³/mol. The average molecular weight is 401 g/mol. The van der Waals surface area contributed by atoms with Crippen molar-refractivity contribution in [3.8, 4) is 5.75 Å². The van der Waals surface area contributed by atoms with E-state index in [4.69, 9.17) is 15.2 Å². The second-order valence-corrected chi connectivity index (χ2v) is 6.26. The predicted octanol–water partition coefficient (Wildman–Crippen LogP) is 2.92. The van der Waals surface area contributed by atoms with Gasteiger partial charge < -0.3 is 20.5 Å². The zero-order chi connectivity index (χ0) is 21.1. The first kappa shape index (κ1) is 21.8. The van der Waals surface area contributed by atoms with Crippen molar-refractivity contribution in [2.24, 2.45) is 5.73 Å². The molecule has 0 aliphatic heterocycles. The quantitative estimate of drug-likeness (QED) is 0.205. The van der Waals surface area contributed by atoms with E-state index in [-0.39, 0.29) is 18.0 Å². The number of ether oxygens (including phenoxy) is 2. The Kier molecular flexibility index (Phi) is 8.58. The van der Waals surface area contributed by atoms with Crippen LogP contribution in [0.1, 0.15) is 24.8 Å². The number of non-ortho nitro benzene ring substituents is 1. The topological polar surface area (TPSA) is 134 Å². The van der Waals surface area contributed by atoms with Crippen LogP contribution in [0, 0.1) is 10.1 Å². The van der Waals surface area contributed by atoms with Crippen LogP contribution in [0.4, 0.5) is 10.5 Å². The van der Waals surface area contributed by atoms with Gasteiger partial charge in [-0.15, -0.1) is 0 Å². The molecule has 0 heterocycles. The minimum absolute atomic E-state index is 0.0936. The number of rotatable bonds is 10. The molecule has 0 saturated carbocycles. The Hall–Kier alpha value is -3.46. The second-order valence-electron chi connectivity index (χ2n) is 6.26. The van der Waals surface area contributed by atoms with Crippen LogP contribution in [-0.4, -0.2) is 29.6 Å². The highest BCUT2D eigenvalue weighted by Crippen LogP contribution is 2.18. The van der Waals surface area contributed by atoms with Crippen molar-refractivity contribution in [3.05, 3.63) is 70.3 Å². The molecule has 9 nitrogen and oxygen atoms in total. The number of nitrogens with zero attached hydrogens (tertiary/aromatic N) is 1. The molecule has 154 valence electrons. The molecule has 0 aliphatic carbocycles. The van der Waals surface area contributed by atoms with Crippen LogP contribution in [0.3, 0.4) is 0 Å². The molecule has 0 radical (unpaired) electrons. The molecule has 2 rings (SSSR count). The van der Waals surface area contributed by atoms with Crippen molar-refractivity contribution in [3.63, 3.8) is 0 Å². The van der Waals surface area contributed by atoms with Gasteiger partial charge in [-0.25, -0.2) is 9.59 Å². The fourth-order valence-corrected chi connectivity index (χ4v) is 2.40. The van der Waals surface area contributed by atoms with E-state index in [1.54, 1.807) is 0 Å². The Morgan fingerprint density at radius 2 is 1.76 bits per heavy atom. The Morgan fingerprint density at radius 1 is 1.07 bits per heavy atom. The normalized spacial score (nSPS) is 11.3. The molecule has 0 fully saturated rings. The summed E-state index contributed by atoms with van der Waals surface area (Å²) >= 11 is 0. The van der Waals surface area contributed by atoms with E-state index in [2.05, 4.69) is 5.32 Å². The summed E-state index contributed by atoms with van der Waals surface area (Å²) in [7, 11) is 0. The summed E-state index contributed by atoms with van der Waals surface area (Å²) in [5.74, 6) is -0.423. The summed E-state index contributed by atoms with van der Waals surface area (Å²) in [6, 6.07) is 13.7. The molecular formula is C20H23N3O6. The van der Waals surface area contributed by atoms with Crippen LogP contribution in [0.15, 0.2) is 54.6 Å². The lowest BCUT2D eigenvalue weighted by Crippen LogP contribution is -2.34. The Balaban J connectivity index is 1.58. The number of nitrogens with one attached hydrogen (secondary N) is 1. The molecule has 1 atom stereocenters. The largest absolute Gasteiger partial charge is 0.445 e. The molecule has 0 saturated heterocycles. The minimum atomic E-state index is -0.824. The van der Waals surface area contributed by atoms with E-state index in [9.17, 15) is 19.7 Å². The van der Waals surface area contributed by atoms with Gasteiger partial charge in [-0.2, -0.15) is 0 Å². The highest BCUT2D eigenvalue weighted by atomic mass is 16.6. The molecule has 0 aliphatic rings. The molecule has 9 heteroatoms. The molecule has 0 aromatic heterocycles. The van der Waals surface area contributed by atoms with Gasteiger partial charge in [0.25, 0.3) is 5.69 Å². The lowest BCUT2D eigenvalue weighted by atomic mass is 10.1. The number of nitro groups is 1. The smallest absolute Gasteiger partial charge is 0.407 e. The van der Waals surface area contributed by atoms with Crippen LogP contribution in [0.5, 0.6) is 5.75 Å². The van der Waals surface area contributed by atoms with E-state index in [0.29, 0.717) is 25.8 Å². The Morgan fingerprint density at radius 3 is 2.41 bits per heavy atom. The van der Waals surface area contributed by atoms with Gasteiger partial charge in [-0.3, -0.25) is 10.1 Å². The lowest BCUT2D eigenvalue weighted by molar-refractivity contribution is -0.384. The van der Waals surface area contributed by atoms with Crippen LogP contribution in [0.2, 0.25) is 0 Å². The summed E-state index contributed by atoms with van der Waals surface area (Å²) in [5, 5.41) is 13.2. The van der Waals surface area contributed by atoms with E-state index >= 15 is 0 Å². The first-order valence-corrected chi connectivity index (χ1v) is 9.12. The number of hydrogen-bond acceptors (Lipinski definition) is 7. The van der Waals surface area contributed by atoms with Crippen molar-refractivity contribution in [1.82, 2.24) is 5.32 Å². The van der Waals surface area contributed by atoms with Crippen molar-refractivity contribution in [2.75, 3.05) is 6.54 Å². The average Bonchev–Trinajstić information content (AvgIpc) is 2.73. The monoisotopic (exact) mass is 401 g/mol. The maximum atomic E-state index is 12.0. The number of hydrogen-bond donors (Lipinski definition) is 2. The highest BCUT2D eigenvalue weighted by Gasteiger charge is 2.16. The summed E-state index contributed by atoms with van der Waals surface area (Å²) in [6.45, 7) is 0.601. The van der Waals surface area contributed by atoms with Gasteiger partial charge in [0.1, 0.15) is 18.4 Å². The van der Waals surface area contributed by atoms with Crippen LogP contribution in [0.25, 0.3) is 0 Å². The molecule has 1 unspecified atom stereocenters. The van der Waals surface area contributed by atoms with Crippen molar-refractivity contribution < 1.29 is 24.0 Å². The van der Waals surface area contributed by atoms with Crippen LogP contribution in [-0.2, 0) is 16.1 Å². The molecule has 0 spiro atoms. The standard InChI is InChI=1S/C20H23N3O6/c21-18(19(24)29-17-11-9-16(10-12-17)23(26)27)8-4-5-13-22-20(25)28-14-15-6-2-1-3-7-15/h1-3,6-7,9-12,18H,4-5,8,13-14,21H2,(H,22,25). The van der Waals surface area contributed by atoms with Gasteiger partial charge in [-0.05, 0) is 37.0 Å².